The first-order valence-corrected chi connectivity index (χ1v) is 6.45. The summed E-state index contributed by atoms with van der Waals surface area (Å²) in [6, 6.07) is 7.04. The summed E-state index contributed by atoms with van der Waals surface area (Å²) in [5, 5.41) is 19.3. The molecular formula is C14H15N3O3. The number of benzene rings is 1. The highest BCUT2D eigenvalue weighted by Gasteiger charge is 2.20. The molecule has 0 atom stereocenters. The third-order valence-electron chi connectivity index (χ3n) is 3.57. The fraction of sp³-hybridized carbons (Fsp3) is 0.286. The van der Waals surface area contributed by atoms with E-state index in [1.807, 2.05) is 6.07 Å². The van der Waals surface area contributed by atoms with Gasteiger partial charge < -0.3 is 20.0 Å². The molecule has 0 spiro atoms. The van der Waals surface area contributed by atoms with Crippen molar-refractivity contribution >= 4 is 22.7 Å². The van der Waals surface area contributed by atoms with Gasteiger partial charge in [0.1, 0.15) is 5.75 Å². The highest BCUT2D eigenvalue weighted by molar-refractivity contribution is 5.83. The maximum atomic E-state index is 10.9. The third-order valence-corrected chi connectivity index (χ3v) is 3.57. The maximum absolute atomic E-state index is 10.9. The molecule has 1 aromatic heterocycles. The smallest absolute Gasteiger partial charge is 0.407 e. The fourth-order valence-corrected chi connectivity index (χ4v) is 2.44. The molecule has 1 saturated heterocycles. The van der Waals surface area contributed by atoms with Crippen molar-refractivity contribution in [3.63, 3.8) is 0 Å². The second kappa shape index (κ2) is 4.88. The Hall–Kier alpha value is -2.50. The molecule has 1 aliphatic rings. The molecule has 6 heteroatoms. The number of aromatic hydroxyl groups is 1. The highest BCUT2D eigenvalue weighted by Crippen LogP contribution is 2.24. The summed E-state index contributed by atoms with van der Waals surface area (Å²) >= 11 is 0. The summed E-state index contributed by atoms with van der Waals surface area (Å²) in [7, 11) is 0. The zero-order valence-corrected chi connectivity index (χ0v) is 10.9. The topological polar surface area (TPSA) is 76.9 Å². The molecular weight excluding hydrogens is 258 g/mol. The minimum Gasteiger partial charge on any atom is -0.508 e. The Bertz CT molecular complexity index is 651. The van der Waals surface area contributed by atoms with Crippen LogP contribution >= 0.6 is 0 Å². The Balaban J connectivity index is 1.82. The molecule has 2 heterocycles. The lowest BCUT2D eigenvalue weighted by molar-refractivity contribution is 0.142. The zero-order chi connectivity index (χ0) is 14.1. The number of amides is 1. The number of carboxylic acid groups (broad SMARTS) is 1. The summed E-state index contributed by atoms with van der Waals surface area (Å²) in [5.41, 5.74) is 1.78. The van der Waals surface area contributed by atoms with E-state index < -0.39 is 6.09 Å². The quantitative estimate of drug-likeness (QED) is 0.827. The molecule has 2 N–H and O–H groups in total. The Labute approximate surface area is 115 Å². The van der Waals surface area contributed by atoms with Gasteiger partial charge in [-0.3, -0.25) is 4.98 Å². The van der Waals surface area contributed by atoms with Gasteiger partial charge in [0, 0.05) is 31.6 Å². The van der Waals surface area contributed by atoms with E-state index >= 15 is 0 Å². The third kappa shape index (κ3) is 2.32. The first-order chi connectivity index (χ1) is 9.63. The summed E-state index contributed by atoms with van der Waals surface area (Å²) in [4.78, 5) is 18.8. The van der Waals surface area contributed by atoms with E-state index in [4.69, 9.17) is 5.11 Å². The largest absolute Gasteiger partial charge is 0.508 e. The lowest BCUT2D eigenvalue weighted by atomic mass is 10.2. The normalized spacial score (nSPS) is 15.6. The van der Waals surface area contributed by atoms with Gasteiger partial charge in [-0.15, -0.1) is 0 Å². The summed E-state index contributed by atoms with van der Waals surface area (Å²) in [6.07, 6.45) is 0.918. The van der Waals surface area contributed by atoms with Gasteiger partial charge in [0.05, 0.1) is 17.4 Å². The van der Waals surface area contributed by atoms with E-state index in [9.17, 15) is 9.90 Å². The van der Waals surface area contributed by atoms with Crippen LogP contribution < -0.4 is 4.90 Å². The van der Waals surface area contributed by atoms with Crippen molar-refractivity contribution < 1.29 is 15.0 Å². The van der Waals surface area contributed by atoms with Crippen LogP contribution in [0.5, 0.6) is 5.75 Å². The van der Waals surface area contributed by atoms with E-state index in [0.717, 1.165) is 16.6 Å². The molecule has 0 aliphatic carbocycles. The van der Waals surface area contributed by atoms with Crippen molar-refractivity contribution in [2.24, 2.45) is 0 Å². The fourth-order valence-electron chi connectivity index (χ4n) is 2.44. The van der Waals surface area contributed by atoms with Crippen LogP contribution in [0, 0.1) is 0 Å². The number of fused-ring (bicyclic) bond motifs is 1. The summed E-state index contributed by atoms with van der Waals surface area (Å²) in [6.45, 7) is 2.29. The van der Waals surface area contributed by atoms with Crippen molar-refractivity contribution in [1.29, 1.82) is 0 Å². The summed E-state index contributed by atoms with van der Waals surface area (Å²) < 4.78 is 0. The van der Waals surface area contributed by atoms with E-state index in [-0.39, 0.29) is 5.75 Å². The van der Waals surface area contributed by atoms with E-state index in [2.05, 4.69) is 9.88 Å². The lowest BCUT2D eigenvalue weighted by Crippen LogP contribution is -2.48. The average Bonchev–Trinajstić information content (AvgIpc) is 2.46. The standard InChI is InChI=1S/C14H15N3O3/c18-12-1-2-13-10(8-12)7-11(9-15-13)16-3-5-17(6-4-16)14(19)20/h1-2,7-9,18H,3-6H2,(H,19,20). The molecule has 1 aliphatic heterocycles. The molecule has 104 valence electrons. The number of phenolic OH excluding ortho intramolecular Hbond substituents is 1. The van der Waals surface area contributed by atoms with Crippen molar-refractivity contribution in [2.45, 2.75) is 0 Å². The van der Waals surface area contributed by atoms with Crippen LogP contribution in [0.4, 0.5) is 10.5 Å². The maximum Gasteiger partial charge on any atom is 0.407 e. The van der Waals surface area contributed by atoms with Gasteiger partial charge in [-0.05, 0) is 24.3 Å². The lowest BCUT2D eigenvalue weighted by Gasteiger charge is -2.34. The molecule has 1 fully saturated rings. The van der Waals surface area contributed by atoms with Gasteiger partial charge in [0.25, 0.3) is 0 Å². The molecule has 0 unspecified atom stereocenters. The number of nitrogens with zero attached hydrogens (tertiary/aromatic N) is 3. The molecule has 3 rings (SSSR count). The number of phenols is 1. The summed E-state index contributed by atoms with van der Waals surface area (Å²) in [5.74, 6) is 0.215. The average molecular weight is 273 g/mol. The second-order valence-corrected chi connectivity index (χ2v) is 4.83. The monoisotopic (exact) mass is 273 g/mol. The van der Waals surface area contributed by atoms with Crippen LogP contribution in [-0.2, 0) is 0 Å². The van der Waals surface area contributed by atoms with Crippen LogP contribution in [0.3, 0.4) is 0 Å². The number of carbonyl (C=O) groups is 1. The van der Waals surface area contributed by atoms with Crippen LogP contribution in [0.25, 0.3) is 10.9 Å². The van der Waals surface area contributed by atoms with Crippen LogP contribution in [0.15, 0.2) is 30.5 Å². The van der Waals surface area contributed by atoms with Crippen LogP contribution in [0.1, 0.15) is 0 Å². The Morgan fingerprint density at radius 1 is 1.15 bits per heavy atom. The van der Waals surface area contributed by atoms with E-state index in [1.54, 1.807) is 24.4 Å². The van der Waals surface area contributed by atoms with Gasteiger partial charge in [0.15, 0.2) is 0 Å². The SMILES string of the molecule is O=C(O)N1CCN(c2cnc3ccc(O)cc3c2)CC1. The predicted octanol–water partition coefficient (Wildman–Crippen LogP) is 1.74. The minimum absolute atomic E-state index is 0.215. The number of pyridine rings is 1. The van der Waals surface area contributed by atoms with Crippen molar-refractivity contribution in [1.82, 2.24) is 9.88 Å². The first kappa shape index (κ1) is 12.5. The van der Waals surface area contributed by atoms with Crippen LogP contribution in [-0.4, -0.2) is 52.4 Å². The highest BCUT2D eigenvalue weighted by atomic mass is 16.4. The molecule has 20 heavy (non-hydrogen) atoms. The van der Waals surface area contributed by atoms with Gasteiger partial charge in [-0.2, -0.15) is 0 Å². The molecule has 2 aromatic rings. The van der Waals surface area contributed by atoms with Crippen molar-refractivity contribution in [2.75, 3.05) is 31.1 Å². The number of hydrogen-bond donors (Lipinski definition) is 2. The van der Waals surface area contributed by atoms with Crippen LogP contribution in [0.2, 0.25) is 0 Å². The number of hydrogen-bond acceptors (Lipinski definition) is 4. The van der Waals surface area contributed by atoms with Gasteiger partial charge in [-0.1, -0.05) is 0 Å². The predicted molar refractivity (Wildman–Crippen MR) is 75.2 cm³/mol. The zero-order valence-electron chi connectivity index (χ0n) is 10.9. The van der Waals surface area contributed by atoms with E-state index in [1.165, 1.54) is 4.90 Å². The molecule has 1 aromatic carbocycles. The first-order valence-electron chi connectivity index (χ1n) is 6.45. The Kier molecular flexibility index (Phi) is 3.06. The number of rotatable bonds is 1. The molecule has 6 nitrogen and oxygen atoms in total. The molecule has 0 bridgehead atoms. The number of aromatic nitrogens is 1. The number of anilines is 1. The van der Waals surface area contributed by atoms with Crippen molar-refractivity contribution in [3.05, 3.63) is 30.5 Å². The second-order valence-electron chi connectivity index (χ2n) is 4.83. The Morgan fingerprint density at radius 2 is 1.90 bits per heavy atom. The molecule has 0 saturated carbocycles. The minimum atomic E-state index is -0.869. The number of piperazine rings is 1. The Morgan fingerprint density at radius 3 is 2.60 bits per heavy atom. The van der Waals surface area contributed by atoms with Gasteiger partial charge in [-0.25, -0.2) is 4.79 Å². The van der Waals surface area contributed by atoms with Crippen molar-refractivity contribution in [3.8, 4) is 5.75 Å². The van der Waals surface area contributed by atoms with Gasteiger partial charge in [0.2, 0.25) is 0 Å². The van der Waals surface area contributed by atoms with Gasteiger partial charge >= 0.3 is 6.09 Å². The molecule has 0 radical (unpaired) electrons. The van der Waals surface area contributed by atoms with E-state index in [0.29, 0.717) is 26.2 Å². The molecule has 1 amide bonds.